The molecule has 1 aromatic heterocycles. The summed E-state index contributed by atoms with van der Waals surface area (Å²) >= 11 is 0. The number of aryl methyl sites for hydroxylation is 1. The average Bonchev–Trinajstić information content (AvgIpc) is 3.10. The molecule has 0 aliphatic heterocycles. The summed E-state index contributed by atoms with van der Waals surface area (Å²) in [5.74, 6) is 0.462. The largest absolute Gasteiger partial charge is 0.444 e. The Hall–Kier alpha value is -1.56. The molecule has 130 valence electrons. The van der Waals surface area contributed by atoms with Crippen molar-refractivity contribution in [1.29, 1.82) is 0 Å². The van der Waals surface area contributed by atoms with Gasteiger partial charge < -0.3 is 15.4 Å². The van der Waals surface area contributed by atoms with Crippen LogP contribution < -0.4 is 10.6 Å². The van der Waals surface area contributed by atoms with Gasteiger partial charge in [0.25, 0.3) is 0 Å². The molecular formula is C17H30N4O2. The zero-order chi connectivity index (χ0) is 16.9. The van der Waals surface area contributed by atoms with Gasteiger partial charge in [-0.15, -0.1) is 0 Å². The van der Waals surface area contributed by atoms with Crippen LogP contribution in [0.15, 0.2) is 12.4 Å². The summed E-state index contributed by atoms with van der Waals surface area (Å²) in [6.07, 6.45) is 7.17. The van der Waals surface area contributed by atoms with Crippen molar-refractivity contribution in [3.05, 3.63) is 18.0 Å². The number of ether oxygens (including phenoxy) is 1. The van der Waals surface area contributed by atoms with Crippen molar-refractivity contribution < 1.29 is 9.53 Å². The van der Waals surface area contributed by atoms with E-state index in [1.807, 2.05) is 31.6 Å². The van der Waals surface area contributed by atoms with Gasteiger partial charge in [-0.1, -0.05) is 6.42 Å². The molecule has 6 heteroatoms. The molecular weight excluding hydrogens is 292 g/mol. The third-order valence-electron chi connectivity index (χ3n) is 4.15. The third-order valence-corrected chi connectivity index (χ3v) is 4.15. The maximum absolute atomic E-state index is 11.8. The van der Waals surface area contributed by atoms with Gasteiger partial charge in [-0.25, -0.2) is 4.79 Å². The molecule has 1 aliphatic rings. The van der Waals surface area contributed by atoms with Gasteiger partial charge in [0.2, 0.25) is 0 Å². The van der Waals surface area contributed by atoms with Gasteiger partial charge in [0.05, 0.1) is 6.20 Å². The number of hydrogen-bond acceptors (Lipinski definition) is 4. The van der Waals surface area contributed by atoms with Crippen LogP contribution in [0.2, 0.25) is 0 Å². The van der Waals surface area contributed by atoms with Crippen molar-refractivity contribution >= 4 is 6.09 Å². The van der Waals surface area contributed by atoms with Crippen LogP contribution in [0.5, 0.6) is 0 Å². The molecule has 0 bridgehead atoms. The Kier molecular flexibility index (Phi) is 6.04. The Bertz CT molecular complexity index is 507. The molecule has 1 amide bonds. The highest BCUT2D eigenvalue weighted by molar-refractivity contribution is 5.67. The van der Waals surface area contributed by atoms with E-state index in [0.29, 0.717) is 18.5 Å². The molecule has 1 fully saturated rings. The Labute approximate surface area is 139 Å². The fourth-order valence-electron chi connectivity index (χ4n) is 3.00. The highest BCUT2D eigenvalue weighted by atomic mass is 16.6. The molecule has 0 aromatic carbocycles. The van der Waals surface area contributed by atoms with Gasteiger partial charge in [0.15, 0.2) is 0 Å². The van der Waals surface area contributed by atoms with Gasteiger partial charge in [0.1, 0.15) is 5.60 Å². The fraction of sp³-hybridized carbons (Fsp3) is 0.765. The fourth-order valence-corrected chi connectivity index (χ4v) is 3.00. The summed E-state index contributed by atoms with van der Waals surface area (Å²) < 4.78 is 7.23. The maximum atomic E-state index is 11.8. The molecule has 0 spiro atoms. The molecule has 2 N–H and O–H groups in total. The first-order valence-electron chi connectivity index (χ1n) is 8.59. The lowest BCUT2D eigenvalue weighted by Gasteiger charge is -2.23. The smallest absolute Gasteiger partial charge is 0.407 e. The number of rotatable bonds is 6. The van der Waals surface area contributed by atoms with Crippen LogP contribution in [0, 0.1) is 5.92 Å². The van der Waals surface area contributed by atoms with E-state index >= 15 is 0 Å². The number of carbonyl (C=O) groups is 1. The Morgan fingerprint density at radius 2 is 2.22 bits per heavy atom. The number of alkyl carbamates (subject to hydrolysis) is 1. The second-order valence-corrected chi connectivity index (χ2v) is 7.27. The molecule has 0 radical (unpaired) electrons. The van der Waals surface area contributed by atoms with E-state index in [0.717, 1.165) is 25.9 Å². The van der Waals surface area contributed by atoms with Gasteiger partial charge >= 0.3 is 6.09 Å². The van der Waals surface area contributed by atoms with E-state index in [9.17, 15) is 4.79 Å². The number of carbonyl (C=O) groups excluding carboxylic acids is 1. The Morgan fingerprint density at radius 1 is 1.43 bits per heavy atom. The van der Waals surface area contributed by atoms with Gasteiger partial charge in [0, 0.05) is 37.4 Å². The average molecular weight is 322 g/mol. The van der Waals surface area contributed by atoms with Crippen LogP contribution in [-0.2, 0) is 17.8 Å². The molecule has 1 aliphatic carbocycles. The summed E-state index contributed by atoms with van der Waals surface area (Å²) in [6, 6.07) is 0.440. The number of nitrogens with zero attached hydrogens (tertiary/aromatic N) is 2. The first kappa shape index (κ1) is 17.8. The Morgan fingerprint density at radius 3 is 2.87 bits per heavy atom. The summed E-state index contributed by atoms with van der Waals surface area (Å²) in [5.41, 5.74) is 0.759. The molecule has 6 nitrogen and oxygen atoms in total. The minimum absolute atomic E-state index is 0.327. The molecule has 1 heterocycles. The summed E-state index contributed by atoms with van der Waals surface area (Å²) in [7, 11) is 0. The molecule has 2 atom stereocenters. The molecule has 1 aromatic rings. The summed E-state index contributed by atoms with van der Waals surface area (Å²) in [4.78, 5) is 11.8. The van der Waals surface area contributed by atoms with Gasteiger partial charge in [-0.2, -0.15) is 5.10 Å². The first-order chi connectivity index (χ1) is 10.9. The monoisotopic (exact) mass is 322 g/mol. The lowest BCUT2D eigenvalue weighted by molar-refractivity contribution is 0.0517. The number of nitrogens with one attached hydrogen (secondary N) is 2. The summed E-state index contributed by atoms with van der Waals surface area (Å²) in [6.45, 7) is 10.1. The number of hydrogen-bond donors (Lipinski definition) is 2. The SMILES string of the molecule is CCn1cc(CNC2CCCC2CNC(=O)OC(C)(C)C)cn1. The van der Waals surface area contributed by atoms with Gasteiger partial charge in [-0.3, -0.25) is 4.68 Å². The molecule has 2 unspecified atom stereocenters. The lowest BCUT2D eigenvalue weighted by Crippen LogP contribution is -2.40. The van der Waals surface area contributed by atoms with Crippen molar-refractivity contribution in [2.24, 2.45) is 5.92 Å². The van der Waals surface area contributed by atoms with Crippen LogP contribution in [0.3, 0.4) is 0 Å². The van der Waals surface area contributed by atoms with Crippen LogP contribution in [0.4, 0.5) is 4.79 Å². The highest BCUT2D eigenvalue weighted by Gasteiger charge is 2.27. The van der Waals surface area contributed by atoms with Crippen molar-refractivity contribution in [3.63, 3.8) is 0 Å². The van der Waals surface area contributed by atoms with Crippen molar-refractivity contribution in [2.45, 2.75) is 71.7 Å². The van der Waals surface area contributed by atoms with Crippen molar-refractivity contribution in [1.82, 2.24) is 20.4 Å². The van der Waals surface area contributed by atoms with Crippen LogP contribution >= 0.6 is 0 Å². The molecule has 1 saturated carbocycles. The first-order valence-corrected chi connectivity index (χ1v) is 8.59. The van der Waals surface area contributed by atoms with E-state index in [2.05, 4.69) is 28.9 Å². The van der Waals surface area contributed by atoms with Crippen molar-refractivity contribution in [3.8, 4) is 0 Å². The predicted molar refractivity (Wildman–Crippen MR) is 90.1 cm³/mol. The van der Waals surface area contributed by atoms with Crippen molar-refractivity contribution in [2.75, 3.05) is 6.54 Å². The summed E-state index contributed by atoms with van der Waals surface area (Å²) in [5, 5.41) is 10.8. The quantitative estimate of drug-likeness (QED) is 0.845. The number of aromatic nitrogens is 2. The minimum atomic E-state index is -0.448. The second-order valence-electron chi connectivity index (χ2n) is 7.27. The third kappa shape index (κ3) is 5.86. The Balaban J connectivity index is 1.75. The van der Waals surface area contributed by atoms with Crippen LogP contribution in [0.25, 0.3) is 0 Å². The van der Waals surface area contributed by atoms with Crippen LogP contribution in [0.1, 0.15) is 52.5 Å². The van der Waals surface area contributed by atoms with E-state index in [1.165, 1.54) is 12.0 Å². The molecule has 23 heavy (non-hydrogen) atoms. The highest BCUT2D eigenvalue weighted by Crippen LogP contribution is 2.25. The zero-order valence-electron chi connectivity index (χ0n) is 14.8. The van der Waals surface area contributed by atoms with Gasteiger partial charge in [-0.05, 0) is 46.5 Å². The second kappa shape index (κ2) is 7.81. The van der Waals surface area contributed by atoms with Crippen LogP contribution in [-0.4, -0.2) is 34.1 Å². The topological polar surface area (TPSA) is 68.2 Å². The maximum Gasteiger partial charge on any atom is 0.407 e. The lowest BCUT2D eigenvalue weighted by atomic mass is 10.0. The van der Waals surface area contributed by atoms with E-state index in [1.54, 1.807) is 0 Å². The molecule has 2 rings (SSSR count). The van der Waals surface area contributed by atoms with E-state index in [4.69, 9.17) is 4.74 Å². The normalized spacial score (nSPS) is 21.4. The standard InChI is InChI=1S/C17H30N4O2/c1-5-21-12-13(10-20-21)9-18-15-8-6-7-14(15)11-19-16(22)23-17(2,3)4/h10,12,14-15,18H,5-9,11H2,1-4H3,(H,19,22). The predicted octanol–water partition coefficient (Wildman–Crippen LogP) is 2.69. The minimum Gasteiger partial charge on any atom is -0.444 e. The zero-order valence-corrected chi connectivity index (χ0v) is 14.8. The number of amides is 1. The molecule has 0 saturated heterocycles. The van der Waals surface area contributed by atoms with E-state index in [-0.39, 0.29) is 6.09 Å². The van der Waals surface area contributed by atoms with E-state index < -0.39 is 5.60 Å².